The third-order valence-electron chi connectivity index (χ3n) is 4.13. The van der Waals surface area contributed by atoms with Crippen LogP contribution in [0.25, 0.3) is 0 Å². The smallest absolute Gasteiger partial charge is 0.317 e. The van der Waals surface area contributed by atoms with Crippen LogP contribution in [0.4, 0.5) is 5.69 Å². The SMILES string of the molecule is Nc1ccc(CCC(CN(CC(=O)O)CC(=O)O)N(CC(=O)O)CC(=O)O)cc1. The summed E-state index contributed by atoms with van der Waals surface area (Å²) in [5.41, 5.74) is 7.08. The van der Waals surface area contributed by atoms with E-state index in [0.717, 1.165) is 10.5 Å². The van der Waals surface area contributed by atoms with Crippen LogP contribution in [0.3, 0.4) is 0 Å². The molecule has 0 aliphatic rings. The standard InChI is InChI=1S/C18H25N3O8/c19-13-4-1-12(2-5-13)3-6-14(21(10-17(26)27)11-18(28)29)7-20(8-15(22)23)9-16(24)25/h1-2,4-5,14H,3,6-11,19H2,(H,22,23)(H,24,25)(H,26,27)(H,28,29). The number of nitrogens with zero attached hydrogens (tertiary/aromatic N) is 2. The van der Waals surface area contributed by atoms with Crippen molar-refractivity contribution in [3.8, 4) is 0 Å². The number of carboxylic acid groups (broad SMARTS) is 4. The molecule has 0 bridgehead atoms. The number of anilines is 1. The summed E-state index contributed by atoms with van der Waals surface area (Å²) in [4.78, 5) is 46.8. The molecule has 0 spiro atoms. The highest BCUT2D eigenvalue weighted by molar-refractivity contribution is 5.73. The Morgan fingerprint density at radius 2 is 1.24 bits per heavy atom. The number of nitrogen functional groups attached to an aromatic ring is 1. The summed E-state index contributed by atoms with van der Waals surface area (Å²) >= 11 is 0. The van der Waals surface area contributed by atoms with Gasteiger partial charge in [0, 0.05) is 18.3 Å². The molecule has 1 atom stereocenters. The lowest BCUT2D eigenvalue weighted by molar-refractivity contribution is -0.146. The number of aliphatic carboxylic acids is 4. The third kappa shape index (κ3) is 10.1. The molecule has 29 heavy (non-hydrogen) atoms. The summed E-state index contributed by atoms with van der Waals surface area (Å²) in [5, 5.41) is 36.3. The Morgan fingerprint density at radius 1 is 0.793 bits per heavy atom. The van der Waals surface area contributed by atoms with Crippen molar-refractivity contribution in [1.82, 2.24) is 9.80 Å². The number of carbonyl (C=O) groups is 4. The first-order chi connectivity index (χ1) is 13.6. The molecule has 0 fully saturated rings. The molecular formula is C18H25N3O8. The Kier molecular flexibility index (Phi) is 9.56. The van der Waals surface area contributed by atoms with Crippen molar-refractivity contribution >= 4 is 29.6 Å². The molecule has 0 aromatic heterocycles. The molecule has 0 heterocycles. The largest absolute Gasteiger partial charge is 0.480 e. The Balaban J connectivity index is 3.05. The molecule has 0 amide bonds. The van der Waals surface area contributed by atoms with Crippen molar-refractivity contribution in [2.75, 3.05) is 38.5 Å². The first kappa shape index (κ1) is 23.9. The second kappa shape index (κ2) is 11.6. The zero-order valence-corrected chi connectivity index (χ0v) is 15.7. The average molecular weight is 411 g/mol. The van der Waals surface area contributed by atoms with Gasteiger partial charge in [-0.15, -0.1) is 0 Å². The van der Waals surface area contributed by atoms with Crippen LogP contribution in [0, 0.1) is 0 Å². The van der Waals surface area contributed by atoms with E-state index in [1.165, 1.54) is 4.90 Å². The van der Waals surface area contributed by atoms with E-state index in [4.69, 9.17) is 26.2 Å². The van der Waals surface area contributed by atoms with E-state index in [2.05, 4.69) is 0 Å². The molecule has 0 saturated heterocycles. The zero-order valence-electron chi connectivity index (χ0n) is 15.7. The van der Waals surface area contributed by atoms with Gasteiger partial charge >= 0.3 is 23.9 Å². The van der Waals surface area contributed by atoms with Crippen molar-refractivity contribution in [3.05, 3.63) is 29.8 Å². The van der Waals surface area contributed by atoms with Gasteiger partial charge in [0.15, 0.2) is 0 Å². The molecule has 0 radical (unpaired) electrons. The first-order valence-electron chi connectivity index (χ1n) is 8.74. The third-order valence-corrected chi connectivity index (χ3v) is 4.13. The number of nitrogens with two attached hydrogens (primary N) is 1. The maximum Gasteiger partial charge on any atom is 0.317 e. The van der Waals surface area contributed by atoms with Crippen molar-refractivity contribution in [2.45, 2.75) is 18.9 Å². The number of benzene rings is 1. The van der Waals surface area contributed by atoms with Gasteiger partial charge < -0.3 is 26.2 Å². The van der Waals surface area contributed by atoms with Crippen molar-refractivity contribution in [2.24, 2.45) is 0 Å². The lowest BCUT2D eigenvalue weighted by atomic mass is 10.0. The van der Waals surface area contributed by atoms with Gasteiger partial charge in [-0.25, -0.2) is 0 Å². The molecule has 11 nitrogen and oxygen atoms in total. The minimum atomic E-state index is -1.24. The summed E-state index contributed by atoms with van der Waals surface area (Å²) in [6, 6.07) is 6.24. The maximum atomic E-state index is 11.2. The van der Waals surface area contributed by atoms with Crippen LogP contribution in [0.1, 0.15) is 12.0 Å². The summed E-state index contributed by atoms with van der Waals surface area (Å²) in [7, 11) is 0. The number of hydrogen-bond acceptors (Lipinski definition) is 7. The molecule has 1 rings (SSSR count). The molecule has 0 aliphatic carbocycles. The van der Waals surface area contributed by atoms with Crippen molar-refractivity contribution in [1.29, 1.82) is 0 Å². The highest BCUT2D eigenvalue weighted by atomic mass is 16.4. The van der Waals surface area contributed by atoms with Crippen LogP contribution < -0.4 is 5.73 Å². The van der Waals surface area contributed by atoms with E-state index in [1.54, 1.807) is 24.3 Å². The van der Waals surface area contributed by atoms with Gasteiger partial charge in [-0.3, -0.25) is 29.0 Å². The van der Waals surface area contributed by atoms with Gasteiger partial charge in [-0.1, -0.05) is 12.1 Å². The molecule has 0 aliphatic heterocycles. The summed E-state index contributed by atoms with van der Waals surface area (Å²) < 4.78 is 0. The van der Waals surface area contributed by atoms with Gasteiger partial charge in [-0.05, 0) is 30.5 Å². The van der Waals surface area contributed by atoms with Crippen LogP contribution in [-0.2, 0) is 25.6 Å². The second-order valence-corrected chi connectivity index (χ2v) is 6.58. The van der Waals surface area contributed by atoms with Gasteiger partial charge in [0.05, 0.1) is 26.2 Å². The van der Waals surface area contributed by atoms with Crippen LogP contribution in [-0.4, -0.2) is 92.9 Å². The molecule has 11 heteroatoms. The van der Waals surface area contributed by atoms with Gasteiger partial charge in [-0.2, -0.15) is 0 Å². The van der Waals surface area contributed by atoms with Crippen molar-refractivity contribution in [3.63, 3.8) is 0 Å². The van der Waals surface area contributed by atoms with Gasteiger partial charge in [0.1, 0.15) is 0 Å². The highest BCUT2D eigenvalue weighted by Gasteiger charge is 2.27. The lowest BCUT2D eigenvalue weighted by Gasteiger charge is -2.33. The van der Waals surface area contributed by atoms with E-state index in [-0.39, 0.29) is 6.54 Å². The predicted octanol–water partition coefficient (Wildman–Crippen LogP) is -0.488. The summed E-state index contributed by atoms with van der Waals surface area (Å²) in [6.07, 6.45) is 0.731. The molecule has 1 aromatic rings. The minimum Gasteiger partial charge on any atom is -0.480 e. The zero-order chi connectivity index (χ0) is 22.0. The molecule has 6 N–H and O–H groups in total. The van der Waals surface area contributed by atoms with Crippen LogP contribution in [0.5, 0.6) is 0 Å². The van der Waals surface area contributed by atoms with Crippen LogP contribution >= 0.6 is 0 Å². The number of aryl methyl sites for hydroxylation is 1. The predicted molar refractivity (Wildman–Crippen MR) is 102 cm³/mol. The topological polar surface area (TPSA) is 182 Å². The van der Waals surface area contributed by atoms with E-state index in [0.29, 0.717) is 18.5 Å². The van der Waals surface area contributed by atoms with Crippen LogP contribution in [0.2, 0.25) is 0 Å². The highest BCUT2D eigenvalue weighted by Crippen LogP contribution is 2.14. The maximum absolute atomic E-state index is 11.2. The Labute approximate surface area is 166 Å². The molecule has 1 aromatic carbocycles. The van der Waals surface area contributed by atoms with E-state index in [1.807, 2.05) is 0 Å². The summed E-state index contributed by atoms with van der Waals surface area (Å²) in [5.74, 6) is -4.98. The fourth-order valence-corrected chi connectivity index (χ4v) is 2.93. The van der Waals surface area contributed by atoms with Gasteiger partial charge in [0.25, 0.3) is 0 Å². The fraction of sp³-hybridized carbons (Fsp3) is 0.444. The molecule has 160 valence electrons. The molecular weight excluding hydrogens is 386 g/mol. The van der Waals surface area contributed by atoms with Crippen LogP contribution in [0.15, 0.2) is 24.3 Å². The van der Waals surface area contributed by atoms with E-state index >= 15 is 0 Å². The Morgan fingerprint density at radius 3 is 1.66 bits per heavy atom. The van der Waals surface area contributed by atoms with Crippen molar-refractivity contribution < 1.29 is 39.6 Å². The van der Waals surface area contributed by atoms with E-state index in [9.17, 15) is 19.2 Å². The monoisotopic (exact) mass is 411 g/mol. The average Bonchev–Trinajstić information content (AvgIpc) is 2.57. The lowest BCUT2D eigenvalue weighted by Crippen LogP contribution is -2.50. The van der Waals surface area contributed by atoms with Gasteiger partial charge in [0.2, 0.25) is 0 Å². The Bertz CT molecular complexity index is 690. The number of hydrogen-bond donors (Lipinski definition) is 5. The number of carboxylic acids is 4. The molecule has 1 unspecified atom stereocenters. The fourth-order valence-electron chi connectivity index (χ4n) is 2.93. The summed E-state index contributed by atoms with van der Waals surface area (Å²) in [6.45, 7) is -2.41. The second-order valence-electron chi connectivity index (χ2n) is 6.58. The van der Waals surface area contributed by atoms with E-state index < -0.39 is 56.1 Å². The molecule has 0 saturated carbocycles. The Hall–Kier alpha value is -3.18. The normalized spacial score (nSPS) is 12.1. The minimum absolute atomic E-state index is 0.117. The number of rotatable bonds is 14. The first-order valence-corrected chi connectivity index (χ1v) is 8.74. The quantitative estimate of drug-likeness (QED) is 0.249.